The van der Waals surface area contributed by atoms with E-state index < -0.39 is 12.0 Å². The minimum atomic E-state index is -1.21. The number of carboxylic acid groups (broad SMARTS) is 1. The van der Waals surface area contributed by atoms with E-state index >= 15 is 0 Å². The van der Waals surface area contributed by atoms with E-state index in [0.29, 0.717) is 23.7 Å². The number of aliphatic carboxylic acids is 1. The molecule has 0 heterocycles. The van der Waals surface area contributed by atoms with Crippen molar-refractivity contribution in [2.24, 2.45) is 5.92 Å². The van der Waals surface area contributed by atoms with Crippen LogP contribution in [0.15, 0.2) is 18.2 Å². The fourth-order valence-electron chi connectivity index (χ4n) is 3.25. The molecule has 1 N–H and O–H groups in total. The average molecular weight is 348 g/mol. The Morgan fingerprint density at radius 1 is 1.24 bits per heavy atom. The molecule has 0 saturated heterocycles. The topological polar surface area (TPSA) is 87.7 Å². The zero-order valence-electron chi connectivity index (χ0n) is 14.9. The number of nitrogens with one attached hydrogen (secondary N) is 1. The summed E-state index contributed by atoms with van der Waals surface area (Å²) >= 11 is 0. The van der Waals surface area contributed by atoms with Crippen molar-refractivity contribution >= 4 is 11.9 Å². The monoisotopic (exact) mass is 348 g/mol. The van der Waals surface area contributed by atoms with Crippen LogP contribution in [0.1, 0.15) is 57.1 Å². The lowest BCUT2D eigenvalue weighted by molar-refractivity contribution is -0.306. The standard InChI is InChI=1S/C19H27NO5/c1-3-25-16-10-9-14(11-17(16)24-2)15(12-18(21)22)20-19(23)13-7-5-4-6-8-13/h9-11,13,15H,3-8,12H2,1-2H3,(H,20,23)(H,21,22)/p-1/t15-/m0/s1. The molecule has 1 aromatic carbocycles. The number of carbonyl (C=O) groups excluding carboxylic acids is 2. The summed E-state index contributed by atoms with van der Waals surface area (Å²) in [7, 11) is 1.52. The van der Waals surface area contributed by atoms with E-state index in [2.05, 4.69) is 5.32 Å². The van der Waals surface area contributed by atoms with E-state index in [9.17, 15) is 14.7 Å². The highest BCUT2D eigenvalue weighted by Gasteiger charge is 2.24. The molecule has 0 bridgehead atoms. The van der Waals surface area contributed by atoms with Crippen LogP contribution in [0.5, 0.6) is 11.5 Å². The van der Waals surface area contributed by atoms with Crippen LogP contribution in [-0.4, -0.2) is 25.6 Å². The second kappa shape index (κ2) is 9.30. The average Bonchev–Trinajstić information content (AvgIpc) is 2.62. The molecule has 1 fully saturated rings. The summed E-state index contributed by atoms with van der Waals surface area (Å²) in [6, 6.07) is 4.54. The number of carbonyl (C=O) groups is 2. The molecule has 25 heavy (non-hydrogen) atoms. The van der Waals surface area contributed by atoms with Gasteiger partial charge in [0.05, 0.1) is 19.8 Å². The lowest BCUT2D eigenvalue weighted by atomic mass is 9.88. The molecule has 0 unspecified atom stereocenters. The van der Waals surface area contributed by atoms with Crippen LogP contribution in [0, 0.1) is 5.92 Å². The second-order valence-electron chi connectivity index (χ2n) is 6.32. The highest BCUT2D eigenvalue weighted by atomic mass is 16.5. The zero-order chi connectivity index (χ0) is 18.2. The van der Waals surface area contributed by atoms with Crippen LogP contribution in [0.4, 0.5) is 0 Å². The van der Waals surface area contributed by atoms with E-state index in [4.69, 9.17) is 9.47 Å². The zero-order valence-corrected chi connectivity index (χ0v) is 14.9. The molecular weight excluding hydrogens is 322 g/mol. The smallest absolute Gasteiger partial charge is 0.223 e. The Morgan fingerprint density at radius 2 is 1.96 bits per heavy atom. The first-order valence-corrected chi connectivity index (χ1v) is 8.86. The van der Waals surface area contributed by atoms with Crippen LogP contribution in [0.25, 0.3) is 0 Å². The number of benzene rings is 1. The van der Waals surface area contributed by atoms with Gasteiger partial charge in [-0.3, -0.25) is 4.79 Å². The van der Waals surface area contributed by atoms with Gasteiger partial charge in [-0.2, -0.15) is 0 Å². The van der Waals surface area contributed by atoms with Gasteiger partial charge >= 0.3 is 0 Å². The molecule has 1 aliphatic carbocycles. The Bertz CT molecular complexity index is 595. The third-order valence-electron chi connectivity index (χ3n) is 4.55. The first kappa shape index (κ1) is 19.1. The molecule has 6 heteroatoms. The molecule has 1 amide bonds. The summed E-state index contributed by atoms with van der Waals surface area (Å²) in [5.41, 5.74) is 0.661. The minimum Gasteiger partial charge on any atom is -0.550 e. The van der Waals surface area contributed by atoms with Crippen molar-refractivity contribution in [3.05, 3.63) is 23.8 Å². The van der Waals surface area contributed by atoms with Crippen molar-refractivity contribution in [1.29, 1.82) is 0 Å². The van der Waals surface area contributed by atoms with E-state index in [-0.39, 0.29) is 18.2 Å². The Balaban J connectivity index is 2.18. The van der Waals surface area contributed by atoms with Crippen molar-refractivity contribution in [2.75, 3.05) is 13.7 Å². The van der Waals surface area contributed by atoms with Gasteiger partial charge in [-0.05, 0) is 37.5 Å². The molecule has 1 aromatic rings. The van der Waals surface area contributed by atoms with Crippen LogP contribution < -0.4 is 19.9 Å². The van der Waals surface area contributed by atoms with E-state index in [1.165, 1.54) is 7.11 Å². The molecule has 0 aromatic heterocycles. The Morgan fingerprint density at radius 3 is 2.56 bits per heavy atom. The second-order valence-corrected chi connectivity index (χ2v) is 6.32. The summed E-state index contributed by atoms with van der Waals surface area (Å²) in [5.74, 6) is -0.239. The predicted molar refractivity (Wildman–Crippen MR) is 91.2 cm³/mol. The maximum atomic E-state index is 12.5. The summed E-state index contributed by atoms with van der Waals surface area (Å²) in [6.07, 6.45) is 4.67. The molecule has 1 saturated carbocycles. The fourth-order valence-corrected chi connectivity index (χ4v) is 3.25. The lowest BCUT2D eigenvalue weighted by Gasteiger charge is -2.26. The van der Waals surface area contributed by atoms with E-state index in [1.54, 1.807) is 18.2 Å². The number of methoxy groups -OCH3 is 1. The SMILES string of the molecule is CCOc1ccc([C@H](CC(=O)[O-])NC(=O)C2CCCCC2)cc1OC. The maximum Gasteiger partial charge on any atom is 0.223 e. The highest BCUT2D eigenvalue weighted by Crippen LogP contribution is 2.32. The summed E-state index contributed by atoms with van der Waals surface area (Å²) in [4.78, 5) is 23.7. The largest absolute Gasteiger partial charge is 0.550 e. The van der Waals surface area contributed by atoms with Gasteiger partial charge in [0.1, 0.15) is 0 Å². The number of hydrogen-bond donors (Lipinski definition) is 1. The predicted octanol–water partition coefficient (Wildman–Crippen LogP) is 1.97. The quantitative estimate of drug-likeness (QED) is 0.776. The molecule has 0 aliphatic heterocycles. The van der Waals surface area contributed by atoms with Crippen molar-refractivity contribution in [3.8, 4) is 11.5 Å². The van der Waals surface area contributed by atoms with Gasteiger partial charge in [0.2, 0.25) is 5.91 Å². The first-order valence-electron chi connectivity index (χ1n) is 8.86. The van der Waals surface area contributed by atoms with Crippen LogP contribution in [-0.2, 0) is 9.59 Å². The Kier molecular flexibility index (Phi) is 7.10. The van der Waals surface area contributed by atoms with Crippen molar-refractivity contribution < 1.29 is 24.2 Å². The van der Waals surface area contributed by atoms with Gasteiger partial charge in [0, 0.05) is 18.3 Å². The first-order chi connectivity index (χ1) is 12.0. The molecule has 1 aliphatic rings. The summed E-state index contributed by atoms with van der Waals surface area (Å²) in [6.45, 7) is 2.37. The number of hydrogen-bond acceptors (Lipinski definition) is 5. The number of ether oxygens (including phenoxy) is 2. The van der Waals surface area contributed by atoms with Gasteiger partial charge in [-0.1, -0.05) is 25.3 Å². The molecule has 0 spiro atoms. The van der Waals surface area contributed by atoms with E-state index in [1.807, 2.05) is 6.92 Å². The van der Waals surface area contributed by atoms with Crippen LogP contribution in [0.3, 0.4) is 0 Å². The normalized spacial score (nSPS) is 16.1. The fraction of sp³-hybridized carbons (Fsp3) is 0.579. The molecule has 0 radical (unpaired) electrons. The third kappa shape index (κ3) is 5.37. The van der Waals surface area contributed by atoms with Gasteiger partial charge in [-0.15, -0.1) is 0 Å². The number of rotatable bonds is 8. The van der Waals surface area contributed by atoms with Crippen LogP contribution >= 0.6 is 0 Å². The van der Waals surface area contributed by atoms with Crippen molar-refractivity contribution in [3.63, 3.8) is 0 Å². The lowest BCUT2D eigenvalue weighted by Crippen LogP contribution is -2.38. The Hall–Kier alpha value is -2.24. The number of amides is 1. The van der Waals surface area contributed by atoms with Crippen LogP contribution in [0.2, 0.25) is 0 Å². The van der Waals surface area contributed by atoms with E-state index in [0.717, 1.165) is 32.1 Å². The summed E-state index contributed by atoms with van der Waals surface area (Å²) < 4.78 is 10.8. The maximum absolute atomic E-state index is 12.5. The minimum absolute atomic E-state index is 0.0393. The summed E-state index contributed by atoms with van der Waals surface area (Å²) in [5, 5.41) is 14.0. The van der Waals surface area contributed by atoms with Gasteiger partial charge in [0.15, 0.2) is 11.5 Å². The third-order valence-corrected chi connectivity index (χ3v) is 4.55. The molecule has 138 valence electrons. The van der Waals surface area contributed by atoms with Gasteiger partial charge in [-0.25, -0.2) is 0 Å². The van der Waals surface area contributed by atoms with Gasteiger partial charge < -0.3 is 24.7 Å². The molecule has 6 nitrogen and oxygen atoms in total. The Labute approximate surface area is 148 Å². The molecule has 2 rings (SSSR count). The molecule has 1 atom stereocenters. The number of carboxylic acids is 1. The van der Waals surface area contributed by atoms with Gasteiger partial charge in [0.25, 0.3) is 0 Å². The highest BCUT2D eigenvalue weighted by molar-refractivity contribution is 5.80. The van der Waals surface area contributed by atoms with Crippen molar-refractivity contribution in [1.82, 2.24) is 5.32 Å². The molecular formula is C19H26NO5-. The van der Waals surface area contributed by atoms with Crippen molar-refractivity contribution in [2.45, 2.75) is 51.5 Å².